The van der Waals surface area contributed by atoms with Crippen LogP contribution >= 0.6 is 0 Å². The Hall–Kier alpha value is -2.84. The van der Waals surface area contributed by atoms with Crippen LogP contribution in [-0.4, -0.2) is 49.0 Å². The van der Waals surface area contributed by atoms with Gasteiger partial charge >= 0.3 is 0 Å². The van der Waals surface area contributed by atoms with Gasteiger partial charge in [0.2, 0.25) is 0 Å². The van der Waals surface area contributed by atoms with Crippen molar-refractivity contribution in [3.05, 3.63) is 65.2 Å². The molecule has 5 nitrogen and oxygen atoms in total. The minimum absolute atomic E-state index is 0.122. The van der Waals surface area contributed by atoms with Crippen molar-refractivity contribution in [1.29, 1.82) is 5.26 Å². The van der Waals surface area contributed by atoms with Crippen LogP contribution in [0.5, 0.6) is 5.75 Å². The molecular formula is C24H27N3O2. The minimum atomic E-state index is 0.122. The van der Waals surface area contributed by atoms with Crippen LogP contribution in [-0.2, 0) is 6.54 Å². The molecule has 0 aromatic heterocycles. The van der Waals surface area contributed by atoms with Crippen LogP contribution in [0.1, 0.15) is 40.7 Å². The van der Waals surface area contributed by atoms with E-state index in [0.717, 1.165) is 56.9 Å². The number of rotatable bonds is 4. The Morgan fingerprint density at radius 1 is 1.07 bits per heavy atom. The van der Waals surface area contributed by atoms with E-state index in [1.807, 2.05) is 53.4 Å². The summed E-state index contributed by atoms with van der Waals surface area (Å²) in [6, 6.07) is 17.4. The zero-order valence-electron chi connectivity index (χ0n) is 16.9. The summed E-state index contributed by atoms with van der Waals surface area (Å²) in [5, 5.41) is 8.96. The van der Waals surface area contributed by atoms with E-state index in [2.05, 4.69) is 11.0 Å². The van der Waals surface area contributed by atoms with Crippen LogP contribution in [0.3, 0.4) is 0 Å². The summed E-state index contributed by atoms with van der Waals surface area (Å²) >= 11 is 0. The van der Waals surface area contributed by atoms with Crippen molar-refractivity contribution < 1.29 is 9.53 Å². The Bertz CT molecular complexity index is 901. The summed E-state index contributed by atoms with van der Waals surface area (Å²) in [7, 11) is 1.63. The molecule has 2 heterocycles. The first-order valence-corrected chi connectivity index (χ1v) is 10.3. The fourth-order valence-corrected chi connectivity index (χ4v) is 4.74. The van der Waals surface area contributed by atoms with Crippen LogP contribution in [0.2, 0.25) is 0 Å². The molecule has 1 spiro atoms. The van der Waals surface area contributed by atoms with Gasteiger partial charge in [-0.15, -0.1) is 0 Å². The highest BCUT2D eigenvalue weighted by Crippen LogP contribution is 2.39. The summed E-state index contributed by atoms with van der Waals surface area (Å²) < 4.78 is 5.20. The average molecular weight is 389 g/mol. The third-order valence-electron chi connectivity index (χ3n) is 6.29. The quantitative estimate of drug-likeness (QED) is 0.800. The highest BCUT2D eigenvalue weighted by atomic mass is 16.5. The summed E-state index contributed by atoms with van der Waals surface area (Å²) in [5.74, 6) is 0.892. The molecule has 2 saturated heterocycles. The molecule has 0 radical (unpaired) electrons. The van der Waals surface area contributed by atoms with Gasteiger partial charge in [0.05, 0.1) is 18.7 Å². The topological polar surface area (TPSA) is 56.6 Å². The van der Waals surface area contributed by atoms with E-state index in [9.17, 15) is 4.79 Å². The highest BCUT2D eigenvalue weighted by molar-refractivity contribution is 5.94. The van der Waals surface area contributed by atoms with Gasteiger partial charge in [0.1, 0.15) is 5.75 Å². The minimum Gasteiger partial charge on any atom is -0.497 e. The van der Waals surface area contributed by atoms with E-state index in [1.165, 1.54) is 12.0 Å². The van der Waals surface area contributed by atoms with Crippen LogP contribution < -0.4 is 4.74 Å². The Kier molecular flexibility index (Phi) is 5.55. The van der Waals surface area contributed by atoms with Crippen molar-refractivity contribution in [1.82, 2.24) is 9.80 Å². The molecule has 2 fully saturated rings. The van der Waals surface area contributed by atoms with Crippen LogP contribution in [0.15, 0.2) is 48.5 Å². The Morgan fingerprint density at radius 3 is 2.52 bits per heavy atom. The zero-order chi connectivity index (χ0) is 20.3. The third kappa shape index (κ3) is 4.28. The van der Waals surface area contributed by atoms with E-state index in [-0.39, 0.29) is 11.3 Å². The van der Waals surface area contributed by atoms with Crippen molar-refractivity contribution in [3.63, 3.8) is 0 Å². The first-order valence-electron chi connectivity index (χ1n) is 10.3. The number of methoxy groups -OCH3 is 1. The van der Waals surface area contributed by atoms with Gasteiger partial charge < -0.3 is 9.64 Å². The van der Waals surface area contributed by atoms with Gasteiger partial charge in [-0.1, -0.05) is 12.1 Å². The maximum absolute atomic E-state index is 13.0. The lowest BCUT2D eigenvalue weighted by molar-refractivity contribution is 0.0527. The second-order valence-corrected chi connectivity index (χ2v) is 8.33. The molecule has 1 amide bonds. The maximum atomic E-state index is 13.0. The van der Waals surface area contributed by atoms with Crippen molar-refractivity contribution in [2.45, 2.75) is 25.8 Å². The van der Waals surface area contributed by atoms with Gasteiger partial charge in [-0.2, -0.15) is 5.26 Å². The second kappa shape index (κ2) is 8.26. The van der Waals surface area contributed by atoms with Crippen LogP contribution in [0.25, 0.3) is 0 Å². The Morgan fingerprint density at radius 2 is 1.83 bits per heavy atom. The molecule has 5 heteroatoms. The van der Waals surface area contributed by atoms with Gasteiger partial charge in [0, 0.05) is 37.2 Å². The molecule has 150 valence electrons. The molecule has 0 aliphatic carbocycles. The number of nitrogens with zero attached hydrogens (tertiary/aromatic N) is 3. The number of hydrogen-bond donors (Lipinski definition) is 0. The van der Waals surface area contributed by atoms with Crippen molar-refractivity contribution >= 4 is 5.91 Å². The summed E-state index contributed by atoms with van der Waals surface area (Å²) in [5.41, 5.74) is 2.87. The summed E-state index contributed by atoms with van der Waals surface area (Å²) in [6.45, 7) is 4.66. The van der Waals surface area contributed by atoms with E-state index in [4.69, 9.17) is 10.00 Å². The molecule has 2 aromatic carbocycles. The first kappa shape index (κ1) is 19.5. The molecule has 2 aliphatic heterocycles. The number of carbonyl (C=O) groups is 1. The molecule has 4 rings (SSSR count). The Balaban J connectivity index is 1.39. The number of ether oxygens (including phenoxy) is 1. The van der Waals surface area contributed by atoms with Crippen LogP contribution in [0, 0.1) is 16.7 Å². The number of benzene rings is 2. The fraction of sp³-hybridized carbons (Fsp3) is 0.417. The van der Waals surface area contributed by atoms with Gasteiger partial charge in [-0.25, -0.2) is 0 Å². The molecule has 2 aliphatic rings. The standard InChI is InChI=1S/C24H27N3O2/c1-29-22-9-7-21(8-10-22)23(28)27-13-2-11-24(18-27)12-14-26(17-24)16-20-5-3-19(15-25)4-6-20/h3-10H,2,11-14,16-18H2,1H3/t24-/m0/s1. The lowest BCUT2D eigenvalue weighted by atomic mass is 9.79. The summed E-state index contributed by atoms with van der Waals surface area (Å²) in [6.07, 6.45) is 3.38. The summed E-state index contributed by atoms with van der Waals surface area (Å²) in [4.78, 5) is 17.5. The number of likely N-dealkylation sites (tertiary alicyclic amines) is 2. The number of amides is 1. The second-order valence-electron chi connectivity index (χ2n) is 8.33. The molecular weight excluding hydrogens is 362 g/mol. The van der Waals surface area contributed by atoms with Crippen molar-refractivity contribution in [2.75, 3.05) is 33.3 Å². The predicted molar refractivity (Wildman–Crippen MR) is 112 cm³/mol. The number of hydrogen-bond acceptors (Lipinski definition) is 4. The molecule has 0 N–H and O–H groups in total. The van der Waals surface area contributed by atoms with E-state index < -0.39 is 0 Å². The lowest BCUT2D eigenvalue weighted by Gasteiger charge is -2.40. The maximum Gasteiger partial charge on any atom is 0.253 e. The highest BCUT2D eigenvalue weighted by Gasteiger charge is 2.42. The SMILES string of the molecule is COc1ccc(C(=O)N2CCC[C@@]3(CCN(Cc4ccc(C#N)cc4)C3)C2)cc1. The molecule has 0 bridgehead atoms. The zero-order valence-corrected chi connectivity index (χ0v) is 16.9. The average Bonchev–Trinajstić information content (AvgIpc) is 3.15. The normalized spacial score (nSPS) is 21.9. The van der Waals surface area contributed by atoms with E-state index >= 15 is 0 Å². The fourth-order valence-electron chi connectivity index (χ4n) is 4.74. The lowest BCUT2D eigenvalue weighted by Crippen LogP contribution is -2.47. The Labute approximate surface area is 172 Å². The van der Waals surface area contributed by atoms with Crippen molar-refractivity contribution in [2.24, 2.45) is 5.41 Å². The largest absolute Gasteiger partial charge is 0.497 e. The number of nitriles is 1. The number of carbonyl (C=O) groups excluding carboxylic acids is 1. The smallest absolute Gasteiger partial charge is 0.253 e. The number of piperidine rings is 1. The molecule has 0 unspecified atom stereocenters. The van der Waals surface area contributed by atoms with Gasteiger partial charge in [0.25, 0.3) is 5.91 Å². The first-order chi connectivity index (χ1) is 14.1. The van der Waals surface area contributed by atoms with Crippen LogP contribution in [0.4, 0.5) is 0 Å². The van der Waals surface area contributed by atoms with E-state index in [1.54, 1.807) is 7.11 Å². The molecule has 0 saturated carbocycles. The monoisotopic (exact) mass is 389 g/mol. The van der Waals surface area contributed by atoms with Gasteiger partial charge in [-0.3, -0.25) is 9.69 Å². The van der Waals surface area contributed by atoms with Gasteiger partial charge in [0.15, 0.2) is 0 Å². The molecule has 2 aromatic rings. The molecule has 1 atom stereocenters. The third-order valence-corrected chi connectivity index (χ3v) is 6.29. The predicted octanol–water partition coefficient (Wildman–Crippen LogP) is 3.70. The van der Waals surface area contributed by atoms with Crippen molar-refractivity contribution in [3.8, 4) is 11.8 Å². The van der Waals surface area contributed by atoms with E-state index in [0.29, 0.717) is 5.56 Å². The molecule has 29 heavy (non-hydrogen) atoms. The van der Waals surface area contributed by atoms with Gasteiger partial charge in [-0.05, 0) is 67.8 Å².